The van der Waals surface area contributed by atoms with Gasteiger partial charge in [-0.05, 0) is 73.3 Å². The van der Waals surface area contributed by atoms with Crippen molar-refractivity contribution < 1.29 is 38.8 Å². The molecule has 0 aromatic heterocycles. The molecule has 2 aromatic carbocycles. The van der Waals surface area contributed by atoms with Gasteiger partial charge in [-0.3, -0.25) is 9.80 Å². The van der Waals surface area contributed by atoms with Gasteiger partial charge in [0.15, 0.2) is 0 Å². The van der Waals surface area contributed by atoms with E-state index >= 15 is 0 Å². The normalized spacial score (nSPS) is 25.7. The maximum Gasteiger partial charge on any atom is 0.410 e. The van der Waals surface area contributed by atoms with Crippen molar-refractivity contribution in [1.82, 2.24) is 9.80 Å². The SMILES string of the molecule is C=CCO[C@@]12Oc3ccc(OCCN4CC4)cc3[C@H]3[C@H](CCCCO)[C@@H](CCCCO)C=C(C(=NOCc4ccccc4)C[C@@H]1N(CCC)C(=O)OCCCl)[C@H]32. The van der Waals surface area contributed by atoms with Crippen LogP contribution >= 0.6 is 11.6 Å². The number of aliphatic hydroxyl groups is 2. The zero-order valence-electron chi connectivity index (χ0n) is 32.9. The van der Waals surface area contributed by atoms with Crippen molar-refractivity contribution in [2.45, 2.75) is 82.6 Å². The fourth-order valence-electron chi connectivity index (χ4n) is 8.91. The third-order valence-electron chi connectivity index (χ3n) is 11.5. The second kappa shape index (κ2) is 20.7. The van der Waals surface area contributed by atoms with E-state index in [2.05, 4.69) is 23.6 Å². The van der Waals surface area contributed by atoms with Crippen LogP contribution in [0.25, 0.3) is 0 Å². The molecule has 2 aliphatic carbocycles. The Labute approximate surface area is 337 Å². The molecule has 1 amide bonds. The molecule has 1 saturated carbocycles. The summed E-state index contributed by atoms with van der Waals surface area (Å²) in [5.74, 6) is -0.0140. The average Bonchev–Trinajstić information content (AvgIpc) is 4.05. The van der Waals surface area contributed by atoms with Crippen molar-refractivity contribution in [3.8, 4) is 11.5 Å². The molecule has 4 aliphatic rings. The number of alkyl halides is 1. The lowest BCUT2D eigenvalue weighted by molar-refractivity contribution is -0.255. The first-order valence-corrected chi connectivity index (χ1v) is 21.1. The molecule has 2 aliphatic heterocycles. The van der Waals surface area contributed by atoms with E-state index in [0.29, 0.717) is 44.6 Å². The fraction of sp³-hybridized carbons (Fsp3) is 0.591. The maximum atomic E-state index is 14.1. The maximum absolute atomic E-state index is 14.1. The van der Waals surface area contributed by atoms with Crippen LogP contribution in [0, 0.1) is 17.8 Å². The van der Waals surface area contributed by atoms with Crippen molar-refractivity contribution in [2.24, 2.45) is 22.9 Å². The summed E-state index contributed by atoms with van der Waals surface area (Å²) in [4.78, 5) is 24.3. The number of unbranched alkanes of at least 4 members (excludes halogenated alkanes) is 2. The van der Waals surface area contributed by atoms with Gasteiger partial charge in [-0.15, -0.1) is 18.2 Å². The number of carbonyl (C=O) groups excluding carboxylic acids is 1. The molecule has 6 atom stereocenters. The Hall–Kier alpha value is -3.61. The summed E-state index contributed by atoms with van der Waals surface area (Å²) in [6, 6.07) is 15.4. The number of carbonyl (C=O) groups is 1. The molecule has 11 nitrogen and oxygen atoms in total. The topological polar surface area (TPSA) is 122 Å². The minimum Gasteiger partial charge on any atom is -0.492 e. The highest BCUT2D eigenvalue weighted by Gasteiger charge is 2.65. The van der Waals surface area contributed by atoms with Gasteiger partial charge in [0.05, 0.1) is 24.1 Å². The number of nitrogens with zero attached hydrogens (tertiary/aromatic N) is 3. The fourth-order valence-corrected chi connectivity index (χ4v) is 8.99. The summed E-state index contributed by atoms with van der Waals surface area (Å²) in [5, 5.41) is 24.6. The number of ether oxygens (including phenoxy) is 4. The van der Waals surface area contributed by atoms with Gasteiger partial charge in [0.1, 0.15) is 37.4 Å². The van der Waals surface area contributed by atoms with Crippen LogP contribution in [-0.4, -0.2) is 109 Å². The van der Waals surface area contributed by atoms with Crippen molar-refractivity contribution in [1.29, 1.82) is 0 Å². The van der Waals surface area contributed by atoms with Crippen LogP contribution in [0.5, 0.6) is 11.5 Å². The predicted molar refractivity (Wildman–Crippen MR) is 217 cm³/mol. The van der Waals surface area contributed by atoms with E-state index < -0.39 is 23.8 Å². The Morgan fingerprint density at radius 3 is 2.59 bits per heavy atom. The Balaban J connectivity index is 1.54. The molecule has 56 heavy (non-hydrogen) atoms. The minimum atomic E-state index is -1.35. The summed E-state index contributed by atoms with van der Waals surface area (Å²) < 4.78 is 26.4. The monoisotopic (exact) mass is 793 g/mol. The third-order valence-corrected chi connectivity index (χ3v) is 11.6. The molecular weight excluding hydrogens is 734 g/mol. The molecule has 12 heteroatoms. The number of amides is 1. The van der Waals surface area contributed by atoms with E-state index in [1.807, 2.05) is 49.4 Å². The van der Waals surface area contributed by atoms with Crippen LogP contribution in [0.3, 0.4) is 0 Å². The first-order valence-electron chi connectivity index (χ1n) is 20.6. The number of allylic oxidation sites excluding steroid dienone is 1. The van der Waals surface area contributed by atoms with E-state index in [1.54, 1.807) is 11.0 Å². The van der Waals surface area contributed by atoms with Gasteiger partial charge >= 0.3 is 6.09 Å². The van der Waals surface area contributed by atoms with Gasteiger partial charge in [0, 0.05) is 57.3 Å². The molecule has 306 valence electrons. The summed E-state index contributed by atoms with van der Waals surface area (Å²) in [7, 11) is 0. The summed E-state index contributed by atoms with van der Waals surface area (Å²) in [6.45, 7) is 10.9. The van der Waals surface area contributed by atoms with Crippen molar-refractivity contribution in [3.05, 3.63) is 84.0 Å². The van der Waals surface area contributed by atoms with Crippen molar-refractivity contribution >= 4 is 23.4 Å². The van der Waals surface area contributed by atoms with Gasteiger partial charge in [0.2, 0.25) is 5.79 Å². The summed E-state index contributed by atoms with van der Waals surface area (Å²) >= 11 is 6.02. The van der Waals surface area contributed by atoms with Crippen LogP contribution in [0.15, 0.2) is 78.0 Å². The molecular formula is C44H60ClN3O8. The third kappa shape index (κ3) is 9.91. The van der Waals surface area contributed by atoms with Gasteiger partial charge in [-0.2, -0.15) is 0 Å². The molecule has 2 N–H and O–H groups in total. The Morgan fingerprint density at radius 1 is 1.09 bits per heavy atom. The number of halogens is 1. The summed E-state index contributed by atoms with van der Waals surface area (Å²) in [5.41, 5.74) is 3.75. The number of fused-ring (bicyclic) bond motifs is 2. The minimum absolute atomic E-state index is 0.0683. The average molecular weight is 794 g/mol. The Kier molecular flexibility index (Phi) is 15.5. The van der Waals surface area contributed by atoms with E-state index in [-0.39, 0.29) is 56.7 Å². The van der Waals surface area contributed by atoms with Crippen LogP contribution < -0.4 is 9.47 Å². The Bertz CT molecular complexity index is 1640. The number of oxime groups is 1. The van der Waals surface area contributed by atoms with E-state index in [4.69, 9.17) is 40.5 Å². The van der Waals surface area contributed by atoms with Crippen LogP contribution in [0.4, 0.5) is 4.79 Å². The van der Waals surface area contributed by atoms with Gasteiger partial charge in [-0.25, -0.2) is 4.79 Å². The Morgan fingerprint density at radius 2 is 1.88 bits per heavy atom. The smallest absolute Gasteiger partial charge is 0.410 e. The van der Waals surface area contributed by atoms with Gasteiger partial charge in [-0.1, -0.05) is 67.4 Å². The molecule has 0 bridgehead atoms. The molecule has 0 unspecified atom stereocenters. The van der Waals surface area contributed by atoms with E-state index in [0.717, 1.165) is 73.5 Å². The van der Waals surface area contributed by atoms with Crippen LogP contribution in [0.1, 0.15) is 75.3 Å². The largest absolute Gasteiger partial charge is 0.492 e. The highest BCUT2D eigenvalue weighted by atomic mass is 35.5. The lowest BCUT2D eigenvalue weighted by Gasteiger charge is -2.59. The molecule has 6 rings (SSSR count). The molecule has 2 fully saturated rings. The van der Waals surface area contributed by atoms with Crippen molar-refractivity contribution in [2.75, 3.05) is 65.1 Å². The number of benzene rings is 2. The van der Waals surface area contributed by atoms with E-state index in [1.165, 1.54) is 0 Å². The number of rotatable bonds is 23. The van der Waals surface area contributed by atoms with E-state index in [9.17, 15) is 15.0 Å². The molecule has 1 saturated heterocycles. The molecule has 0 spiro atoms. The van der Waals surface area contributed by atoms with Crippen LogP contribution in [-0.2, 0) is 20.9 Å². The second-order valence-electron chi connectivity index (χ2n) is 15.2. The number of hydrogen-bond donors (Lipinski definition) is 2. The highest BCUT2D eigenvalue weighted by Crippen LogP contribution is 2.62. The predicted octanol–water partition coefficient (Wildman–Crippen LogP) is 7.30. The van der Waals surface area contributed by atoms with Gasteiger partial charge < -0.3 is 34.0 Å². The first-order chi connectivity index (χ1) is 27.5. The van der Waals surface area contributed by atoms with Crippen LogP contribution in [0.2, 0.25) is 0 Å². The quantitative estimate of drug-likeness (QED) is 0.0393. The lowest BCUT2D eigenvalue weighted by Crippen LogP contribution is -2.70. The number of hydrogen-bond acceptors (Lipinski definition) is 10. The van der Waals surface area contributed by atoms with Crippen molar-refractivity contribution in [3.63, 3.8) is 0 Å². The second-order valence-corrected chi connectivity index (χ2v) is 15.6. The van der Waals surface area contributed by atoms with Gasteiger partial charge in [0.25, 0.3) is 0 Å². The lowest BCUT2D eigenvalue weighted by atomic mass is 9.55. The zero-order chi connectivity index (χ0) is 39.3. The summed E-state index contributed by atoms with van der Waals surface area (Å²) in [6.07, 6.45) is 9.35. The zero-order valence-corrected chi connectivity index (χ0v) is 33.6. The first kappa shape index (κ1) is 42.0. The molecule has 2 heterocycles. The highest BCUT2D eigenvalue weighted by molar-refractivity contribution is 6.18. The molecule has 2 aromatic rings. The standard InChI is InChI=1S/C44H60ClN3O8/c1-3-19-48(43(51)53-26-18-45)40-30-38(46-55-31-32-12-6-5-7-13-32)36-28-33(14-8-10-23-49)35(15-9-11-24-50)41-37-29-34(52-27-22-47-20-21-47)16-17-39(37)56-44(40,42(36)41)54-25-4-2/h4-7,12-13,16-17,28-29,33,35,40-42,49-50H,2-3,8-11,14-15,18-27,30-31H2,1H3/t33-,35+,40-,41+,42+,44+/m0/s1. The molecule has 0 radical (unpaired) electrons. The number of aliphatic hydroxyl groups excluding tert-OH is 2.